The molecule has 2 fully saturated rings. The van der Waals surface area contributed by atoms with E-state index in [-0.39, 0.29) is 0 Å². The molecule has 0 aliphatic heterocycles. The molecular weight excluding hydrogens is 228 g/mol. The molecule has 0 nitrogen and oxygen atoms in total. The van der Waals surface area contributed by atoms with E-state index in [9.17, 15) is 0 Å². The van der Waals surface area contributed by atoms with Gasteiger partial charge in [-0.2, -0.15) is 0 Å². The van der Waals surface area contributed by atoms with Crippen molar-refractivity contribution in [1.29, 1.82) is 0 Å². The minimum Gasteiger partial charge on any atom is -0.0654 e. The minimum atomic E-state index is 0.701. The van der Waals surface area contributed by atoms with Crippen LogP contribution in [-0.2, 0) is 0 Å². The molecule has 2 aliphatic carbocycles. The average Bonchev–Trinajstić information content (AvgIpc) is 3.26. The summed E-state index contributed by atoms with van der Waals surface area (Å²) >= 11 is 0. The van der Waals surface area contributed by atoms with Gasteiger partial charge in [0.05, 0.1) is 0 Å². The van der Waals surface area contributed by atoms with Crippen molar-refractivity contribution in [3.05, 3.63) is 0 Å². The molecule has 2 rings (SSSR count). The zero-order valence-corrected chi connectivity index (χ0v) is 14.0. The van der Waals surface area contributed by atoms with E-state index >= 15 is 0 Å². The predicted molar refractivity (Wildman–Crippen MR) is 85.2 cm³/mol. The number of hydrogen-bond acceptors (Lipinski definition) is 0. The van der Waals surface area contributed by atoms with Gasteiger partial charge >= 0.3 is 0 Å². The molecule has 0 aromatic carbocycles. The van der Waals surface area contributed by atoms with Crippen molar-refractivity contribution in [2.24, 2.45) is 35.0 Å². The Morgan fingerprint density at radius 2 is 1.84 bits per heavy atom. The molecule has 0 heterocycles. The number of rotatable bonds is 9. The summed E-state index contributed by atoms with van der Waals surface area (Å²) in [6.07, 6.45) is 11.7. The first-order chi connectivity index (χ1) is 9.04. The largest absolute Gasteiger partial charge is 0.0654 e. The molecule has 0 bridgehead atoms. The lowest BCUT2D eigenvalue weighted by atomic mass is 9.82. The SMILES string of the molecule is CCCCCC(C)C1(C)CC1C(C)C1CC1CCC. The number of hydrogen-bond donors (Lipinski definition) is 0. The predicted octanol–water partition coefficient (Wildman–Crippen LogP) is 6.30. The summed E-state index contributed by atoms with van der Waals surface area (Å²) in [5.41, 5.74) is 0.701. The maximum absolute atomic E-state index is 2.59. The molecule has 112 valence electrons. The summed E-state index contributed by atoms with van der Waals surface area (Å²) < 4.78 is 0. The van der Waals surface area contributed by atoms with Gasteiger partial charge in [0.25, 0.3) is 0 Å². The summed E-state index contributed by atoms with van der Waals surface area (Å²) in [7, 11) is 0. The van der Waals surface area contributed by atoms with E-state index in [0.29, 0.717) is 5.41 Å². The Hall–Kier alpha value is 0. The van der Waals surface area contributed by atoms with Gasteiger partial charge in [0.1, 0.15) is 0 Å². The second kappa shape index (κ2) is 6.19. The van der Waals surface area contributed by atoms with Crippen LogP contribution in [0.2, 0.25) is 0 Å². The molecular formula is C19H36. The summed E-state index contributed by atoms with van der Waals surface area (Å²) in [5, 5.41) is 0. The topological polar surface area (TPSA) is 0 Å². The molecule has 2 aliphatic rings. The third-order valence-corrected chi connectivity index (χ3v) is 6.66. The van der Waals surface area contributed by atoms with Crippen molar-refractivity contribution >= 4 is 0 Å². The van der Waals surface area contributed by atoms with Crippen molar-refractivity contribution in [3.63, 3.8) is 0 Å². The van der Waals surface area contributed by atoms with E-state index in [0.717, 1.165) is 29.6 Å². The zero-order chi connectivity index (χ0) is 14.0. The van der Waals surface area contributed by atoms with E-state index in [1.165, 1.54) is 44.9 Å². The molecule has 0 aromatic rings. The average molecular weight is 264 g/mol. The fraction of sp³-hybridized carbons (Fsp3) is 1.00. The fourth-order valence-electron chi connectivity index (χ4n) is 4.71. The molecule has 6 atom stereocenters. The Morgan fingerprint density at radius 1 is 1.11 bits per heavy atom. The van der Waals surface area contributed by atoms with Crippen molar-refractivity contribution in [2.45, 2.75) is 86.0 Å². The molecule has 0 radical (unpaired) electrons. The summed E-state index contributed by atoms with van der Waals surface area (Å²) in [6.45, 7) is 12.3. The zero-order valence-electron chi connectivity index (χ0n) is 14.0. The van der Waals surface area contributed by atoms with Crippen LogP contribution in [0.15, 0.2) is 0 Å². The van der Waals surface area contributed by atoms with Crippen LogP contribution in [0.1, 0.15) is 86.0 Å². The quantitative estimate of drug-likeness (QED) is 0.429. The van der Waals surface area contributed by atoms with Crippen LogP contribution in [0, 0.1) is 35.0 Å². The molecule has 6 unspecified atom stereocenters. The Balaban J connectivity index is 1.75. The van der Waals surface area contributed by atoms with Crippen molar-refractivity contribution in [1.82, 2.24) is 0 Å². The molecule has 0 N–H and O–H groups in total. The van der Waals surface area contributed by atoms with E-state index < -0.39 is 0 Å². The van der Waals surface area contributed by atoms with Crippen LogP contribution in [0.4, 0.5) is 0 Å². The van der Waals surface area contributed by atoms with Gasteiger partial charge in [-0.15, -0.1) is 0 Å². The summed E-state index contributed by atoms with van der Waals surface area (Å²) in [6, 6.07) is 0. The van der Waals surface area contributed by atoms with Crippen molar-refractivity contribution < 1.29 is 0 Å². The monoisotopic (exact) mass is 264 g/mol. The van der Waals surface area contributed by atoms with Crippen molar-refractivity contribution in [3.8, 4) is 0 Å². The van der Waals surface area contributed by atoms with Crippen LogP contribution < -0.4 is 0 Å². The van der Waals surface area contributed by atoms with Gasteiger partial charge in [-0.3, -0.25) is 0 Å². The van der Waals surface area contributed by atoms with E-state index in [4.69, 9.17) is 0 Å². The third-order valence-electron chi connectivity index (χ3n) is 6.66. The van der Waals surface area contributed by atoms with Gasteiger partial charge in [0, 0.05) is 0 Å². The maximum Gasteiger partial charge on any atom is -0.0266 e. The van der Waals surface area contributed by atoms with E-state index in [1.54, 1.807) is 6.42 Å². The Bertz CT molecular complexity index is 282. The van der Waals surface area contributed by atoms with Crippen molar-refractivity contribution in [2.75, 3.05) is 0 Å². The first kappa shape index (κ1) is 15.4. The van der Waals surface area contributed by atoms with Gasteiger partial charge in [0.15, 0.2) is 0 Å². The Labute approximate surface area is 121 Å². The third kappa shape index (κ3) is 3.37. The molecule has 0 heteroatoms. The lowest BCUT2D eigenvalue weighted by molar-refractivity contribution is 0.257. The van der Waals surface area contributed by atoms with Crippen LogP contribution in [-0.4, -0.2) is 0 Å². The highest BCUT2D eigenvalue weighted by atomic mass is 14.6. The van der Waals surface area contributed by atoms with Gasteiger partial charge in [0.2, 0.25) is 0 Å². The van der Waals surface area contributed by atoms with E-state index in [1.807, 2.05) is 0 Å². The van der Waals surface area contributed by atoms with Gasteiger partial charge in [-0.25, -0.2) is 0 Å². The van der Waals surface area contributed by atoms with Crippen LogP contribution in [0.25, 0.3) is 0 Å². The lowest BCUT2D eigenvalue weighted by Crippen LogP contribution is -2.16. The molecule has 0 aromatic heterocycles. The first-order valence-electron chi connectivity index (χ1n) is 9.04. The highest BCUT2D eigenvalue weighted by molar-refractivity contribution is 5.07. The maximum atomic E-state index is 2.59. The van der Waals surface area contributed by atoms with Gasteiger partial charge in [-0.1, -0.05) is 73.1 Å². The molecule has 0 amide bonds. The highest BCUT2D eigenvalue weighted by Gasteiger charge is 2.58. The normalized spacial score (nSPS) is 39.9. The molecule has 2 saturated carbocycles. The van der Waals surface area contributed by atoms with E-state index in [2.05, 4.69) is 34.6 Å². The van der Waals surface area contributed by atoms with Crippen LogP contribution in [0.5, 0.6) is 0 Å². The van der Waals surface area contributed by atoms with Gasteiger partial charge < -0.3 is 0 Å². The minimum absolute atomic E-state index is 0.701. The molecule has 0 saturated heterocycles. The Kier molecular flexibility index (Phi) is 5.01. The fourth-order valence-corrected chi connectivity index (χ4v) is 4.71. The second-order valence-electron chi connectivity index (χ2n) is 8.02. The molecule has 19 heavy (non-hydrogen) atoms. The number of unbranched alkanes of at least 4 members (excludes halogenated alkanes) is 2. The lowest BCUT2D eigenvalue weighted by Gasteiger charge is -2.23. The smallest absolute Gasteiger partial charge is 0.0266 e. The second-order valence-corrected chi connectivity index (χ2v) is 8.02. The van der Waals surface area contributed by atoms with Gasteiger partial charge in [-0.05, 0) is 47.8 Å². The first-order valence-corrected chi connectivity index (χ1v) is 9.04. The summed E-state index contributed by atoms with van der Waals surface area (Å²) in [5.74, 6) is 5.20. The standard InChI is InChI=1S/C19H36/c1-6-8-9-11-14(3)19(5)13-18(19)15(4)17-12-16(17)10-7-2/h14-18H,6-13H2,1-5H3. The molecule has 0 spiro atoms. The highest BCUT2D eigenvalue weighted by Crippen LogP contribution is 2.66. The van der Waals surface area contributed by atoms with Crippen LogP contribution >= 0.6 is 0 Å². The van der Waals surface area contributed by atoms with Crippen LogP contribution in [0.3, 0.4) is 0 Å². The Morgan fingerprint density at radius 3 is 2.47 bits per heavy atom. The summed E-state index contributed by atoms with van der Waals surface area (Å²) in [4.78, 5) is 0.